The molecule has 2 aliphatic rings. The number of rotatable bonds is 4. The van der Waals surface area contributed by atoms with Crippen molar-refractivity contribution < 1.29 is 14.3 Å². The number of nitrogens with zero attached hydrogens (tertiary/aromatic N) is 1. The molecule has 6 nitrogen and oxygen atoms in total. The summed E-state index contributed by atoms with van der Waals surface area (Å²) in [4.78, 5) is 27.1. The zero-order valence-corrected chi connectivity index (χ0v) is 15.6. The van der Waals surface area contributed by atoms with Gasteiger partial charge in [0.15, 0.2) is 0 Å². The number of amides is 2. The number of benzene rings is 1. The van der Waals surface area contributed by atoms with Crippen LogP contribution in [0.25, 0.3) is 0 Å². The number of hydrogen-bond acceptors (Lipinski definition) is 4. The molecule has 1 aromatic rings. The molecule has 3 rings (SSSR count). The van der Waals surface area contributed by atoms with E-state index in [1.807, 2.05) is 18.2 Å². The molecule has 0 radical (unpaired) electrons. The van der Waals surface area contributed by atoms with Crippen LogP contribution in [-0.2, 0) is 9.53 Å². The first kappa shape index (κ1) is 18.7. The average Bonchev–Trinajstić information content (AvgIpc) is 2.90. The highest BCUT2D eigenvalue weighted by atomic mass is 35.5. The van der Waals surface area contributed by atoms with E-state index >= 15 is 0 Å². The molecule has 0 bridgehead atoms. The van der Waals surface area contributed by atoms with E-state index in [0.29, 0.717) is 28.4 Å². The van der Waals surface area contributed by atoms with Crippen LogP contribution in [0.2, 0.25) is 5.02 Å². The summed E-state index contributed by atoms with van der Waals surface area (Å²) >= 11 is 6.32. The molecule has 1 fully saturated rings. The molecular weight excluding hydrogens is 354 g/mol. The minimum atomic E-state index is -0.633. The van der Waals surface area contributed by atoms with Crippen molar-refractivity contribution in [3.8, 4) is 0 Å². The SMILES string of the molecule is COC(=O)C1=C(CN2CCCCCC2)NC(=O)N[C@H]1c1ccccc1Cl. The lowest BCUT2D eigenvalue weighted by Crippen LogP contribution is -2.48. The van der Waals surface area contributed by atoms with E-state index in [-0.39, 0.29) is 6.03 Å². The second-order valence-corrected chi connectivity index (χ2v) is 7.03. The Morgan fingerprint density at radius 2 is 1.92 bits per heavy atom. The van der Waals surface area contributed by atoms with Crippen LogP contribution in [0.1, 0.15) is 37.3 Å². The predicted octanol–water partition coefficient (Wildman–Crippen LogP) is 3.00. The van der Waals surface area contributed by atoms with E-state index in [9.17, 15) is 9.59 Å². The Kier molecular flexibility index (Phi) is 6.16. The number of methoxy groups -OCH3 is 1. The van der Waals surface area contributed by atoms with E-state index in [1.165, 1.54) is 20.0 Å². The fraction of sp³-hybridized carbons (Fsp3) is 0.474. The third kappa shape index (κ3) is 4.19. The molecule has 1 saturated heterocycles. The van der Waals surface area contributed by atoms with E-state index in [2.05, 4.69) is 15.5 Å². The summed E-state index contributed by atoms with van der Waals surface area (Å²) in [5, 5.41) is 6.11. The molecule has 0 spiro atoms. The van der Waals surface area contributed by atoms with Crippen LogP contribution in [0, 0.1) is 0 Å². The fourth-order valence-corrected chi connectivity index (χ4v) is 3.80. The molecule has 0 unspecified atom stereocenters. The van der Waals surface area contributed by atoms with Crippen molar-refractivity contribution in [2.24, 2.45) is 0 Å². The van der Waals surface area contributed by atoms with Crippen molar-refractivity contribution in [2.45, 2.75) is 31.7 Å². The van der Waals surface area contributed by atoms with Gasteiger partial charge < -0.3 is 15.4 Å². The summed E-state index contributed by atoms with van der Waals surface area (Å²) in [5.41, 5.74) is 1.68. The zero-order chi connectivity index (χ0) is 18.5. The monoisotopic (exact) mass is 377 g/mol. The van der Waals surface area contributed by atoms with Gasteiger partial charge in [-0.05, 0) is 37.6 Å². The molecule has 2 N–H and O–H groups in total. The molecule has 2 amide bonds. The highest BCUT2D eigenvalue weighted by Gasteiger charge is 2.35. The molecule has 1 aromatic carbocycles. The normalized spacial score (nSPS) is 21.6. The Labute approximate surface area is 158 Å². The van der Waals surface area contributed by atoms with Crippen molar-refractivity contribution in [1.82, 2.24) is 15.5 Å². The van der Waals surface area contributed by atoms with Crippen LogP contribution >= 0.6 is 11.6 Å². The summed E-state index contributed by atoms with van der Waals surface area (Å²) in [5.74, 6) is -0.466. The van der Waals surface area contributed by atoms with Gasteiger partial charge in [0.25, 0.3) is 0 Å². The first-order valence-corrected chi connectivity index (χ1v) is 9.33. The fourth-order valence-electron chi connectivity index (χ4n) is 3.55. The molecule has 7 heteroatoms. The lowest BCUT2D eigenvalue weighted by atomic mass is 9.95. The average molecular weight is 378 g/mol. The molecule has 2 aliphatic heterocycles. The summed E-state index contributed by atoms with van der Waals surface area (Å²) in [6.07, 6.45) is 4.69. The van der Waals surface area contributed by atoms with E-state index in [0.717, 1.165) is 25.9 Å². The second kappa shape index (κ2) is 8.56. The van der Waals surface area contributed by atoms with E-state index < -0.39 is 12.0 Å². The Morgan fingerprint density at radius 3 is 2.58 bits per heavy atom. The van der Waals surface area contributed by atoms with E-state index in [1.54, 1.807) is 6.07 Å². The topological polar surface area (TPSA) is 70.7 Å². The van der Waals surface area contributed by atoms with Gasteiger partial charge in [0.2, 0.25) is 0 Å². The van der Waals surface area contributed by atoms with Crippen molar-refractivity contribution in [1.29, 1.82) is 0 Å². The highest BCUT2D eigenvalue weighted by molar-refractivity contribution is 6.31. The summed E-state index contributed by atoms with van der Waals surface area (Å²) < 4.78 is 5.01. The minimum Gasteiger partial charge on any atom is -0.466 e. The number of hydrogen-bond donors (Lipinski definition) is 2. The van der Waals surface area contributed by atoms with Crippen LogP contribution in [0.15, 0.2) is 35.5 Å². The molecule has 2 heterocycles. The lowest BCUT2D eigenvalue weighted by Gasteiger charge is -2.32. The van der Waals surface area contributed by atoms with Gasteiger partial charge in [0, 0.05) is 17.3 Å². The minimum absolute atomic E-state index is 0.340. The standard InChI is InChI=1S/C19H24ClN3O3/c1-26-18(24)16-15(12-23-10-6-2-3-7-11-23)21-19(25)22-17(16)13-8-4-5-9-14(13)20/h4-5,8-9,17H,2-3,6-7,10-12H2,1H3,(H2,21,22,25)/t17-/m0/s1. The number of carbonyl (C=O) groups excluding carboxylic acids is 2. The molecule has 0 aromatic heterocycles. The number of halogens is 1. The third-order valence-electron chi connectivity index (χ3n) is 4.86. The van der Waals surface area contributed by atoms with Gasteiger partial charge in [-0.1, -0.05) is 42.6 Å². The quantitative estimate of drug-likeness (QED) is 0.791. The number of esters is 1. The Hall–Kier alpha value is -2.05. The van der Waals surface area contributed by atoms with Gasteiger partial charge in [-0.2, -0.15) is 0 Å². The Bertz CT molecular complexity index is 712. The predicted molar refractivity (Wildman–Crippen MR) is 99.8 cm³/mol. The van der Waals surface area contributed by atoms with Crippen LogP contribution in [0.3, 0.4) is 0 Å². The maximum atomic E-state index is 12.6. The van der Waals surface area contributed by atoms with Crippen LogP contribution in [0.4, 0.5) is 4.79 Å². The Balaban J connectivity index is 1.98. The van der Waals surface area contributed by atoms with Gasteiger partial charge in [-0.3, -0.25) is 4.90 Å². The number of nitrogens with one attached hydrogen (secondary N) is 2. The molecule has 26 heavy (non-hydrogen) atoms. The molecular formula is C19H24ClN3O3. The van der Waals surface area contributed by atoms with Gasteiger partial charge in [0.05, 0.1) is 18.7 Å². The molecule has 0 aliphatic carbocycles. The van der Waals surface area contributed by atoms with Gasteiger partial charge in [-0.15, -0.1) is 0 Å². The first-order valence-electron chi connectivity index (χ1n) is 8.96. The maximum absolute atomic E-state index is 12.6. The number of urea groups is 1. The molecule has 140 valence electrons. The number of carbonyl (C=O) groups is 2. The highest BCUT2D eigenvalue weighted by Crippen LogP contribution is 2.32. The first-order chi connectivity index (χ1) is 12.6. The summed E-state index contributed by atoms with van der Waals surface area (Å²) in [7, 11) is 1.35. The second-order valence-electron chi connectivity index (χ2n) is 6.63. The van der Waals surface area contributed by atoms with Crippen LogP contribution in [0.5, 0.6) is 0 Å². The molecule has 0 saturated carbocycles. The van der Waals surface area contributed by atoms with Gasteiger partial charge in [0.1, 0.15) is 0 Å². The van der Waals surface area contributed by atoms with Crippen LogP contribution < -0.4 is 10.6 Å². The number of likely N-dealkylation sites (tertiary alicyclic amines) is 1. The number of ether oxygens (including phenoxy) is 1. The van der Waals surface area contributed by atoms with Gasteiger partial charge in [-0.25, -0.2) is 9.59 Å². The van der Waals surface area contributed by atoms with Crippen molar-refractivity contribution in [3.63, 3.8) is 0 Å². The lowest BCUT2D eigenvalue weighted by molar-refractivity contribution is -0.136. The van der Waals surface area contributed by atoms with Crippen LogP contribution in [-0.4, -0.2) is 43.6 Å². The van der Waals surface area contributed by atoms with Crippen molar-refractivity contribution >= 4 is 23.6 Å². The maximum Gasteiger partial charge on any atom is 0.338 e. The largest absolute Gasteiger partial charge is 0.466 e. The van der Waals surface area contributed by atoms with Crippen molar-refractivity contribution in [3.05, 3.63) is 46.1 Å². The Morgan fingerprint density at radius 1 is 1.23 bits per heavy atom. The van der Waals surface area contributed by atoms with Gasteiger partial charge >= 0.3 is 12.0 Å². The van der Waals surface area contributed by atoms with Crippen molar-refractivity contribution in [2.75, 3.05) is 26.7 Å². The van der Waals surface area contributed by atoms with E-state index in [4.69, 9.17) is 16.3 Å². The zero-order valence-electron chi connectivity index (χ0n) is 14.9. The molecule has 1 atom stereocenters. The summed E-state index contributed by atoms with van der Waals surface area (Å²) in [6.45, 7) is 2.43. The third-order valence-corrected chi connectivity index (χ3v) is 5.20. The summed E-state index contributed by atoms with van der Waals surface area (Å²) in [6, 6.07) is 6.23. The smallest absolute Gasteiger partial charge is 0.338 e.